The minimum Gasteiger partial charge on any atom is -0.340 e. The van der Waals surface area contributed by atoms with Crippen LogP contribution < -0.4 is 0 Å². The van der Waals surface area contributed by atoms with Crippen LogP contribution in [-0.2, 0) is 21.5 Å². The maximum absolute atomic E-state index is 12.8. The number of Topliss-reactive ketones (excluding diaryl/α,β-unsaturated/α-hetero) is 1. The van der Waals surface area contributed by atoms with E-state index >= 15 is 0 Å². The summed E-state index contributed by atoms with van der Waals surface area (Å²) in [6.07, 6.45) is 2.23. The van der Waals surface area contributed by atoms with Crippen LogP contribution in [0.15, 0.2) is 61.2 Å². The van der Waals surface area contributed by atoms with Gasteiger partial charge in [0, 0.05) is 49.5 Å². The molecule has 1 saturated heterocycles. The molecule has 3 aromatic heterocycles. The van der Waals surface area contributed by atoms with Crippen molar-refractivity contribution in [3.8, 4) is 22.4 Å². The number of likely N-dealkylation sites (tertiary alicyclic amines) is 1. The highest BCUT2D eigenvalue weighted by atomic mass is 19.4. The Hall–Kier alpha value is -3.95. The molecule has 0 unspecified atom stereocenters. The number of fused-ring (bicyclic) bond motifs is 1. The molecule has 0 atom stereocenters. The lowest BCUT2D eigenvalue weighted by atomic mass is 10.0. The maximum Gasteiger partial charge on any atom is 0.389 e. The number of hydrogen-bond acceptors (Lipinski definition) is 4. The topological polar surface area (TPSA) is 72.5 Å². The van der Waals surface area contributed by atoms with Gasteiger partial charge in [-0.3, -0.25) is 18.7 Å². The van der Waals surface area contributed by atoms with Gasteiger partial charge >= 0.3 is 6.18 Å². The number of imidazole rings is 1. The summed E-state index contributed by atoms with van der Waals surface area (Å²) in [5.41, 5.74) is 3.94. The number of alkyl halides is 3. The van der Waals surface area contributed by atoms with Gasteiger partial charge in [0.05, 0.1) is 24.5 Å². The Morgan fingerprint density at radius 1 is 1.00 bits per heavy atom. The molecule has 1 aromatic carbocycles. The first-order chi connectivity index (χ1) is 18.0. The molecule has 7 nitrogen and oxygen atoms in total. The van der Waals surface area contributed by atoms with Gasteiger partial charge in [0.2, 0.25) is 5.91 Å². The molecule has 10 heteroatoms. The third kappa shape index (κ3) is 5.20. The average molecular weight is 524 g/mol. The van der Waals surface area contributed by atoms with E-state index < -0.39 is 30.3 Å². The predicted octanol–water partition coefficient (Wildman–Crippen LogP) is 5.29. The summed E-state index contributed by atoms with van der Waals surface area (Å²) in [5.74, 6) is -0.395. The fourth-order valence-electron chi connectivity index (χ4n) is 4.59. The van der Waals surface area contributed by atoms with Crippen molar-refractivity contribution in [3.63, 3.8) is 0 Å². The zero-order valence-corrected chi connectivity index (χ0v) is 21.2. The van der Waals surface area contributed by atoms with Gasteiger partial charge in [-0.2, -0.15) is 18.3 Å². The highest BCUT2D eigenvalue weighted by Gasteiger charge is 2.36. The number of hydrogen-bond donors (Lipinski definition) is 0. The number of benzene rings is 1. The Bertz CT molecular complexity index is 1500. The van der Waals surface area contributed by atoms with Crippen molar-refractivity contribution in [2.24, 2.45) is 0 Å². The molecule has 4 aromatic rings. The van der Waals surface area contributed by atoms with Crippen molar-refractivity contribution in [1.82, 2.24) is 24.1 Å². The van der Waals surface area contributed by atoms with Crippen LogP contribution >= 0.6 is 0 Å². The fraction of sp³-hybridized carbons (Fsp3) is 0.357. The van der Waals surface area contributed by atoms with E-state index in [1.807, 2.05) is 59.8 Å². The van der Waals surface area contributed by atoms with E-state index in [1.165, 1.54) is 0 Å². The van der Waals surface area contributed by atoms with Gasteiger partial charge < -0.3 is 4.90 Å². The molecule has 1 aliphatic rings. The Morgan fingerprint density at radius 2 is 1.79 bits per heavy atom. The van der Waals surface area contributed by atoms with E-state index in [0.717, 1.165) is 41.9 Å². The van der Waals surface area contributed by atoms with Crippen LogP contribution in [0.1, 0.15) is 38.7 Å². The number of carbonyl (C=O) groups excluding carboxylic acids is 2. The van der Waals surface area contributed by atoms with Crippen LogP contribution in [0, 0.1) is 0 Å². The number of halogens is 3. The first-order valence-corrected chi connectivity index (χ1v) is 12.5. The number of rotatable bonds is 8. The molecule has 0 saturated carbocycles. The molecule has 1 amide bonds. The summed E-state index contributed by atoms with van der Waals surface area (Å²) in [5, 5.41) is 4.47. The minimum absolute atomic E-state index is 0.0502. The van der Waals surface area contributed by atoms with Crippen LogP contribution in [0.5, 0.6) is 0 Å². The largest absolute Gasteiger partial charge is 0.389 e. The van der Waals surface area contributed by atoms with Crippen LogP contribution in [0.2, 0.25) is 0 Å². The summed E-state index contributed by atoms with van der Waals surface area (Å²) in [6.45, 7) is 5.30. The molecular weight excluding hydrogens is 495 g/mol. The van der Waals surface area contributed by atoms with E-state index in [1.54, 1.807) is 29.2 Å². The molecular formula is C28H28F3N5O2. The zero-order valence-electron chi connectivity index (χ0n) is 21.2. The van der Waals surface area contributed by atoms with Crippen LogP contribution in [0.4, 0.5) is 13.2 Å². The second kappa shape index (κ2) is 9.74. The quantitative estimate of drug-likeness (QED) is 0.315. The van der Waals surface area contributed by atoms with Gasteiger partial charge in [-0.1, -0.05) is 18.2 Å². The van der Waals surface area contributed by atoms with Crippen molar-refractivity contribution in [2.45, 2.75) is 51.2 Å². The van der Waals surface area contributed by atoms with Gasteiger partial charge in [-0.25, -0.2) is 4.98 Å². The average Bonchev–Trinajstić information content (AvgIpc) is 3.49. The maximum atomic E-state index is 12.8. The molecule has 5 rings (SSSR count). The molecule has 0 radical (unpaired) electrons. The SMILES string of the molecule is CC(C)(C(=O)N1CCC1)n1cc(-c2ccn3c(-c4cccc(CC(=O)CCC(F)(F)F)c4)cnc3c2)cn1. The normalized spacial score (nSPS) is 14.1. The molecule has 0 bridgehead atoms. The van der Waals surface area contributed by atoms with Crippen LogP contribution in [0.25, 0.3) is 28.0 Å². The molecule has 4 heterocycles. The van der Waals surface area contributed by atoms with E-state index in [0.29, 0.717) is 11.2 Å². The zero-order chi connectivity index (χ0) is 27.1. The highest BCUT2D eigenvalue weighted by molar-refractivity contribution is 5.84. The second-order valence-corrected chi connectivity index (χ2v) is 10.2. The van der Waals surface area contributed by atoms with Crippen molar-refractivity contribution in [1.29, 1.82) is 0 Å². The molecule has 0 spiro atoms. The number of carbonyl (C=O) groups is 2. The van der Waals surface area contributed by atoms with Crippen molar-refractivity contribution < 1.29 is 22.8 Å². The molecule has 0 N–H and O–H groups in total. The highest BCUT2D eigenvalue weighted by Crippen LogP contribution is 2.28. The third-order valence-corrected chi connectivity index (χ3v) is 6.98. The lowest BCUT2D eigenvalue weighted by molar-refractivity contribution is -0.143. The summed E-state index contributed by atoms with van der Waals surface area (Å²) in [7, 11) is 0. The Balaban J connectivity index is 1.35. The first kappa shape index (κ1) is 25.7. The fourth-order valence-corrected chi connectivity index (χ4v) is 4.59. The Labute approximate surface area is 217 Å². The molecule has 38 heavy (non-hydrogen) atoms. The molecule has 1 fully saturated rings. The number of ketones is 1. The summed E-state index contributed by atoms with van der Waals surface area (Å²) >= 11 is 0. The monoisotopic (exact) mass is 523 g/mol. The lowest BCUT2D eigenvalue weighted by Gasteiger charge is -2.37. The summed E-state index contributed by atoms with van der Waals surface area (Å²) in [4.78, 5) is 31.3. The van der Waals surface area contributed by atoms with Gasteiger partial charge in [-0.15, -0.1) is 0 Å². The standard InChI is InChI=1S/C28H28F3N5O2/c1-27(2,26(38)34-10-4-11-34)36-18-22(16-33-36)20-8-12-35-24(17-32-25(35)15-20)21-6-3-5-19(13-21)14-23(37)7-9-28(29,30)31/h3,5-6,8,12-13,15-18H,4,7,9-11,14H2,1-2H3. The van der Waals surface area contributed by atoms with E-state index in [4.69, 9.17) is 0 Å². The first-order valence-electron chi connectivity index (χ1n) is 12.5. The number of pyridine rings is 1. The molecule has 198 valence electrons. The van der Waals surface area contributed by atoms with Crippen molar-refractivity contribution in [2.75, 3.05) is 13.1 Å². The van der Waals surface area contributed by atoms with Gasteiger partial charge in [0.1, 0.15) is 17.0 Å². The third-order valence-electron chi connectivity index (χ3n) is 6.98. The second-order valence-electron chi connectivity index (χ2n) is 10.2. The van der Waals surface area contributed by atoms with E-state index in [-0.39, 0.29) is 12.3 Å². The van der Waals surface area contributed by atoms with Gasteiger partial charge in [0.25, 0.3) is 0 Å². The van der Waals surface area contributed by atoms with Crippen molar-refractivity contribution in [3.05, 3.63) is 66.7 Å². The van der Waals surface area contributed by atoms with E-state index in [9.17, 15) is 22.8 Å². The smallest absolute Gasteiger partial charge is 0.340 e. The van der Waals surface area contributed by atoms with Crippen LogP contribution in [0.3, 0.4) is 0 Å². The number of nitrogens with zero attached hydrogens (tertiary/aromatic N) is 5. The number of aromatic nitrogens is 4. The number of amides is 1. The lowest BCUT2D eigenvalue weighted by Crippen LogP contribution is -2.52. The van der Waals surface area contributed by atoms with Gasteiger partial charge in [0.15, 0.2) is 0 Å². The predicted molar refractivity (Wildman–Crippen MR) is 136 cm³/mol. The molecule has 1 aliphatic heterocycles. The van der Waals surface area contributed by atoms with Crippen LogP contribution in [-0.4, -0.2) is 55.0 Å². The molecule has 0 aliphatic carbocycles. The summed E-state index contributed by atoms with van der Waals surface area (Å²) < 4.78 is 40.9. The van der Waals surface area contributed by atoms with Gasteiger partial charge in [-0.05, 0) is 49.6 Å². The van der Waals surface area contributed by atoms with Crippen molar-refractivity contribution >= 4 is 17.3 Å². The summed E-state index contributed by atoms with van der Waals surface area (Å²) in [6, 6.07) is 11.1. The minimum atomic E-state index is -4.34. The van der Waals surface area contributed by atoms with E-state index in [2.05, 4.69) is 10.1 Å². The Morgan fingerprint density at radius 3 is 2.50 bits per heavy atom. The Kier molecular flexibility index (Phi) is 6.58.